The number of rotatable bonds is 2. The van der Waals surface area contributed by atoms with E-state index in [0.29, 0.717) is 5.56 Å². The van der Waals surface area contributed by atoms with Gasteiger partial charge in [0.05, 0.1) is 5.56 Å². The van der Waals surface area contributed by atoms with Crippen molar-refractivity contribution in [2.75, 3.05) is 12.4 Å². The SMILES string of the molecule is CNc1ccccc1C(N)=O. The van der Waals surface area contributed by atoms with E-state index in [9.17, 15) is 4.79 Å². The lowest BCUT2D eigenvalue weighted by Gasteiger charge is -2.03. The van der Waals surface area contributed by atoms with Gasteiger partial charge in [-0.05, 0) is 12.1 Å². The minimum atomic E-state index is -0.407. The topological polar surface area (TPSA) is 55.1 Å². The van der Waals surface area contributed by atoms with Crippen molar-refractivity contribution in [2.24, 2.45) is 5.73 Å². The number of carbonyl (C=O) groups excluding carboxylic acids is 1. The smallest absolute Gasteiger partial charge is 0.250 e. The second-order valence-corrected chi connectivity index (χ2v) is 2.16. The van der Waals surface area contributed by atoms with Gasteiger partial charge in [0.2, 0.25) is 0 Å². The molecule has 3 heteroatoms. The molecule has 0 saturated carbocycles. The van der Waals surface area contributed by atoms with Gasteiger partial charge in [0, 0.05) is 12.7 Å². The normalized spacial score (nSPS) is 9.18. The van der Waals surface area contributed by atoms with E-state index in [2.05, 4.69) is 5.32 Å². The minimum absolute atomic E-state index is 0.407. The molecule has 11 heavy (non-hydrogen) atoms. The fourth-order valence-electron chi connectivity index (χ4n) is 0.916. The maximum Gasteiger partial charge on any atom is 0.250 e. The van der Waals surface area contributed by atoms with Crippen molar-refractivity contribution < 1.29 is 4.79 Å². The highest BCUT2D eigenvalue weighted by atomic mass is 16.1. The average molecular weight is 150 g/mol. The Hall–Kier alpha value is -1.51. The molecule has 0 aliphatic rings. The maximum atomic E-state index is 10.8. The zero-order valence-electron chi connectivity index (χ0n) is 6.29. The van der Waals surface area contributed by atoms with Gasteiger partial charge in [-0.25, -0.2) is 0 Å². The summed E-state index contributed by atoms with van der Waals surface area (Å²) in [6, 6.07) is 7.12. The zero-order chi connectivity index (χ0) is 8.27. The van der Waals surface area contributed by atoms with Gasteiger partial charge >= 0.3 is 0 Å². The Bertz CT molecular complexity index is 271. The molecule has 0 radical (unpaired) electrons. The highest BCUT2D eigenvalue weighted by Crippen LogP contribution is 2.12. The maximum absolute atomic E-state index is 10.8. The van der Waals surface area contributed by atoms with Crippen LogP contribution < -0.4 is 11.1 Å². The minimum Gasteiger partial charge on any atom is -0.387 e. The van der Waals surface area contributed by atoms with Crippen molar-refractivity contribution in [3.63, 3.8) is 0 Å². The fraction of sp³-hybridized carbons (Fsp3) is 0.125. The first-order chi connectivity index (χ1) is 5.25. The summed E-state index contributed by atoms with van der Waals surface area (Å²) in [7, 11) is 1.75. The molecule has 1 amide bonds. The molecule has 0 aliphatic heterocycles. The molecule has 0 bridgehead atoms. The Labute approximate surface area is 65.2 Å². The lowest BCUT2D eigenvalue weighted by atomic mass is 10.2. The summed E-state index contributed by atoms with van der Waals surface area (Å²) in [6.07, 6.45) is 0. The van der Waals surface area contributed by atoms with Gasteiger partial charge < -0.3 is 11.1 Å². The Kier molecular flexibility index (Phi) is 2.11. The van der Waals surface area contributed by atoms with Crippen LogP contribution in [-0.2, 0) is 0 Å². The van der Waals surface area contributed by atoms with Gasteiger partial charge in [0.15, 0.2) is 0 Å². The van der Waals surface area contributed by atoms with Crippen LogP contribution in [0.2, 0.25) is 0 Å². The number of nitrogens with two attached hydrogens (primary N) is 1. The summed E-state index contributed by atoms with van der Waals surface area (Å²) in [5.41, 5.74) is 6.40. The lowest BCUT2D eigenvalue weighted by molar-refractivity contribution is 0.100. The molecular weight excluding hydrogens is 140 g/mol. The first-order valence-corrected chi connectivity index (χ1v) is 3.32. The summed E-state index contributed by atoms with van der Waals surface area (Å²) in [5, 5.41) is 2.88. The predicted octanol–water partition coefficient (Wildman–Crippen LogP) is 0.827. The van der Waals surface area contributed by atoms with Crippen LogP contribution in [0, 0.1) is 0 Å². The van der Waals surface area contributed by atoms with Crippen molar-refractivity contribution in [1.82, 2.24) is 0 Å². The van der Waals surface area contributed by atoms with E-state index in [1.807, 2.05) is 6.07 Å². The van der Waals surface area contributed by atoms with Crippen molar-refractivity contribution in [2.45, 2.75) is 0 Å². The van der Waals surface area contributed by atoms with Crippen LogP contribution in [0.1, 0.15) is 10.4 Å². The molecule has 0 unspecified atom stereocenters. The first-order valence-electron chi connectivity index (χ1n) is 3.32. The molecule has 0 fully saturated rings. The standard InChI is InChI=1S/C8H10N2O/c1-10-7-5-3-2-4-6(7)8(9)11/h2-5,10H,1H3,(H2,9,11). The summed E-state index contributed by atoms with van der Waals surface area (Å²) < 4.78 is 0. The van der Waals surface area contributed by atoms with Gasteiger partial charge in [-0.2, -0.15) is 0 Å². The number of hydrogen-bond acceptors (Lipinski definition) is 2. The molecule has 0 saturated heterocycles. The van der Waals surface area contributed by atoms with Gasteiger partial charge in [-0.15, -0.1) is 0 Å². The summed E-state index contributed by atoms with van der Waals surface area (Å²) in [4.78, 5) is 10.8. The van der Waals surface area contributed by atoms with Crippen LogP contribution in [-0.4, -0.2) is 13.0 Å². The molecular formula is C8H10N2O. The second kappa shape index (κ2) is 3.05. The number of primary amides is 1. The number of nitrogens with one attached hydrogen (secondary N) is 1. The van der Waals surface area contributed by atoms with Gasteiger partial charge in [-0.3, -0.25) is 4.79 Å². The van der Waals surface area contributed by atoms with E-state index in [1.165, 1.54) is 0 Å². The number of amides is 1. The van der Waals surface area contributed by atoms with E-state index >= 15 is 0 Å². The van der Waals surface area contributed by atoms with E-state index < -0.39 is 5.91 Å². The molecule has 58 valence electrons. The van der Waals surface area contributed by atoms with Crippen molar-refractivity contribution in [3.05, 3.63) is 29.8 Å². The number of anilines is 1. The molecule has 3 nitrogen and oxygen atoms in total. The third kappa shape index (κ3) is 1.49. The lowest BCUT2D eigenvalue weighted by Crippen LogP contribution is -2.12. The Morgan fingerprint density at radius 1 is 1.45 bits per heavy atom. The Balaban J connectivity index is 3.12. The molecule has 3 N–H and O–H groups in total. The number of carbonyl (C=O) groups is 1. The van der Waals surface area contributed by atoms with Crippen molar-refractivity contribution in [1.29, 1.82) is 0 Å². The molecule has 0 aliphatic carbocycles. The van der Waals surface area contributed by atoms with Crippen LogP contribution in [0.15, 0.2) is 24.3 Å². The van der Waals surface area contributed by atoms with E-state index in [0.717, 1.165) is 5.69 Å². The summed E-state index contributed by atoms with van der Waals surface area (Å²) in [6.45, 7) is 0. The van der Waals surface area contributed by atoms with Crippen LogP contribution in [0.3, 0.4) is 0 Å². The average Bonchev–Trinajstić information content (AvgIpc) is 2.04. The Morgan fingerprint density at radius 2 is 2.09 bits per heavy atom. The summed E-state index contributed by atoms with van der Waals surface area (Å²) >= 11 is 0. The Morgan fingerprint density at radius 3 is 2.55 bits per heavy atom. The predicted molar refractivity (Wildman–Crippen MR) is 44.5 cm³/mol. The molecule has 0 heterocycles. The largest absolute Gasteiger partial charge is 0.387 e. The molecule has 1 aromatic rings. The highest BCUT2D eigenvalue weighted by Gasteiger charge is 2.03. The fourth-order valence-corrected chi connectivity index (χ4v) is 0.916. The first kappa shape index (κ1) is 7.60. The van der Waals surface area contributed by atoms with Crippen molar-refractivity contribution in [3.8, 4) is 0 Å². The number of para-hydroxylation sites is 1. The molecule has 1 rings (SSSR count). The van der Waals surface area contributed by atoms with E-state index in [1.54, 1.807) is 25.2 Å². The van der Waals surface area contributed by atoms with Crippen LogP contribution in [0.5, 0.6) is 0 Å². The second-order valence-electron chi connectivity index (χ2n) is 2.16. The van der Waals surface area contributed by atoms with Gasteiger partial charge in [0.1, 0.15) is 0 Å². The van der Waals surface area contributed by atoms with Gasteiger partial charge in [-0.1, -0.05) is 12.1 Å². The number of benzene rings is 1. The molecule has 1 aromatic carbocycles. The monoisotopic (exact) mass is 150 g/mol. The van der Waals surface area contributed by atoms with Crippen LogP contribution in [0.4, 0.5) is 5.69 Å². The van der Waals surface area contributed by atoms with E-state index in [-0.39, 0.29) is 0 Å². The third-order valence-electron chi connectivity index (χ3n) is 1.46. The molecule has 0 aromatic heterocycles. The highest BCUT2D eigenvalue weighted by molar-refractivity contribution is 5.98. The number of hydrogen-bond donors (Lipinski definition) is 2. The van der Waals surface area contributed by atoms with Crippen LogP contribution >= 0.6 is 0 Å². The van der Waals surface area contributed by atoms with E-state index in [4.69, 9.17) is 5.73 Å². The molecule has 0 atom stereocenters. The zero-order valence-corrected chi connectivity index (χ0v) is 6.29. The van der Waals surface area contributed by atoms with Gasteiger partial charge in [0.25, 0.3) is 5.91 Å². The quantitative estimate of drug-likeness (QED) is 0.656. The summed E-state index contributed by atoms with van der Waals surface area (Å²) in [5.74, 6) is -0.407. The van der Waals surface area contributed by atoms with Crippen molar-refractivity contribution >= 4 is 11.6 Å². The third-order valence-corrected chi connectivity index (χ3v) is 1.46. The molecule has 0 spiro atoms. The van der Waals surface area contributed by atoms with Crippen LogP contribution in [0.25, 0.3) is 0 Å².